The van der Waals surface area contributed by atoms with Crippen LogP contribution in [0.3, 0.4) is 0 Å². The molecular weight excluding hydrogens is 437 g/mol. The van der Waals surface area contributed by atoms with Gasteiger partial charge >= 0.3 is 12.1 Å². The second-order valence-electron chi connectivity index (χ2n) is 6.70. The largest absolute Gasteiger partial charge is 0.505 e. The predicted octanol–water partition coefficient (Wildman–Crippen LogP) is 5.37. The number of carboxylic acid groups (broad SMARTS) is 1. The van der Waals surface area contributed by atoms with Crippen LogP contribution in [0.2, 0.25) is 0 Å². The van der Waals surface area contributed by atoms with Crippen LogP contribution in [0.15, 0.2) is 59.5 Å². The van der Waals surface area contributed by atoms with E-state index < -0.39 is 35.8 Å². The molecule has 0 spiro atoms. The quantitative estimate of drug-likeness (QED) is 0.304. The third-order valence-electron chi connectivity index (χ3n) is 4.47. The molecule has 3 N–H and O–H groups in total. The molecule has 2 aromatic carbocycles. The number of thioether (sulfide) groups is 1. The molecule has 0 fully saturated rings. The maximum Gasteiger partial charge on any atom is 0.412 e. The monoisotopic (exact) mass is 463 g/mol. The number of carbonyl (C=O) groups excluding carboxylic acids is 1. The number of amides is 1. The fourth-order valence-electron chi connectivity index (χ4n) is 2.98. The molecule has 0 saturated heterocycles. The molecule has 0 heterocycles. The Morgan fingerprint density at radius 3 is 2.53 bits per heavy atom. The van der Waals surface area contributed by atoms with E-state index in [1.54, 1.807) is 30.8 Å². The Hall–Kier alpha value is -3.04. The smallest absolute Gasteiger partial charge is 0.412 e. The van der Waals surface area contributed by atoms with Gasteiger partial charge in [-0.05, 0) is 68.0 Å². The van der Waals surface area contributed by atoms with Gasteiger partial charge in [0.1, 0.15) is 0 Å². The molecule has 0 aliphatic carbocycles. The first-order valence-electron chi connectivity index (χ1n) is 9.95. The number of phenolic OH excluding ortho intramolecular Hbond substituents is 1. The van der Waals surface area contributed by atoms with Crippen molar-refractivity contribution in [3.05, 3.63) is 66.0 Å². The number of phenols is 1. The number of hydrogen-bond donors (Lipinski definition) is 3. The van der Waals surface area contributed by atoms with E-state index in [2.05, 4.69) is 5.32 Å². The van der Waals surface area contributed by atoms with Gasteiger partial charge < -0.3 is 19.7 Å². The minimum absolute atomic E-state index is 0.297. The summed E-state index contributed by atoms with van der Waals surface area (Å²) in [4.78, 5) is 24.3. The molecule has 2 aromatic rings. The first-order chi connectivity index (χ1) is 15.3. The number of ether oxygens (including phenoxy) is 2. The average molecular weight is 464 g/mol. The van der Waals surface area contributed by atoms with Crippen LogP contribution >= 0.6 is 11.8 Å². The van der Waals surface area contributed by atoms with Gasteiger partial charge in [0.25, 0.3) is 0 Å². The lowest BCUT2D eigenvalue weighted by Gasteiger charge is -2.27. The molecule has 0 aliphatic heterocycles. The van der Waals surface area contributed by atoms with Gasteiger partial charge in [0.05, 0.1) is 6.10 Å². The lowest BCUT2D eigenvalue weighted by atomic mass is 9.99. The summed E-state index contributed by atoms with van der Waals surface area (Å²) in [7, 11) is 0. The van der Waals surface area contributed by atoms with E-state index >= 15 is 0 Å². The summed E-state index contributed by atoms with van der Waals surface area (Å²) < 4.78 is 25.4. The Morgan fingerprint density at radius 1 is 1.22 bits per heavy atom. The maximum atomic E-state index is 14.0. The Morgan fingerprint density at radius 2 is 1.94 bits per heavy atom. The zero-order chi connectivity index (χ0) is 23.5. The highest BCUT2D eigenvalue weighted by molar-refractivity contribution is 7.98. The highest BCUT2D eigenvalue weighted by Gasteiger charge is 2.28. The van der Waals surface area contributed by atoms with Crippen molar-refractivity contribution in [1.82, 2.24) is 0 Å². The first kappa shape index (κ1) is 25.2. The lowest BCUT2D eigenvalue weighted by Crippen LogP contribution is -2.29. The maximum absolute atomic E-state index is 14.0. The van der Waals surface area contributed by atoms with E-state index in [1.165, 1.54) is 18.2 Å². The summed E-state index contributed by atoms with van der Waals surface area (Å²) >= 11 is 1.57. The second kappa shape index (κ2) is 12.7. The van der Waals surface area contributed by atoms with Crippen LogP contribution in [-0.2, 0) is 14.3 Å². The minimum Gasteiger partial charge on any atom is -0.505 e. The minimum atomic E-state index is -1.07. The molecular formula is C23H26FNO6S. The van der Waals surface area contributed by atoms with E-state index in [9.17, 15) is 19.1 Å². The van der Waals surface area contributed by atoms with Crippen molar-refractivity contribution in [2.24, 2.45) is 0 Å². The standard InChI is InChI=1S/C23H26FNO6S/c1-3-30-20(6-4-5-7-21(27)28)22(15-8-13-19(26)18(24)14-15)31-23(29)25-16-9-11-17(32-2)12-10-16/h5,7-14,20,22,26H,3-4,6H2,1-2H3,(H,25,29)(H,27,28)/b7-5+/t20-,22-/m1/s1. The van der Waals surface area contributed by atoms with Crippen LogP contribution in [-0.4, -0.2) is 41.2 Å². The molecule has 9 heteroatoms. The van der Waals surface area contributed by atoms with Gasteiger partial charge in [0.15, 0.2) is 17.7 Å². The molecule has 0 aromatic heterocycles. The van der Waals surface area contributed by atoms with Crippen LogP contribution in [0, 0.1) is 5.82 Å². The van der Waals surface area contributed by atoms with Gasteiger partial charge in [-0.15, -0.1) is 11.8 Å². The van der Waals surface area contributed by atoms with E-state index in [0.717, 1.165) is 17.0 Å². The highest BCUT2D eigenvalue weighted by Crippen LogP contribution is 2.30. The molecule has 2 atom stereocenters. The van der Waals surface area contributed by atoms with Crippen molar-refractivity contribution in [2.45, 2.75) is 36.9 Å². The number of anilines is 1. The summed E-state index contributed by atoms with van der Waals surface area (Å²) in [6.45, 7) is 2.06. The number of carboxylic acids is 1. The predicted molar refractivity (Wildman–Crippen MR) is 121 cm³/mol. The van der Waals surface area contributed by atoms with Gasteiger partial charge in [-0.1, -0.05) is 12.1 Å². The summed E-state index contributed by atoms with van der Waals surface area (Å²) in [5.41, 5.74) is 0.828. The number of hydrogen-bond acceptors (Lipinski definition) is 6. The van der Waals surface area contributed by atoms with Gasteiger partial charge in [-0.2, -0.15) is 0 Å². The number of carbonyl (C=O) groups is 2. The van der Waals surface area contributed by atoms with Crippen molar-refractivity contribution in [3.8, 4) is 5.75 Å². The topological polar surface area (TPSA) is 105 Å². The van der Waals surface area contributed by atoms with Crippen LogP contribution in [0.5, 0.6) is 5.75 Å². The fraction of sp³-hybridized carbons (Fsp3) is 0.304. The van der Waals surface area contributed by atoms with Crippen LogP contribution in [0.1, 0.15) is 31.4 Å². The molecule has 1 amide bonds. The SMILES string of the molecule is CCO[C@H](CC/C=C/C(=O)O)[C@H](OC(=O)Nc1ccc(SC)cc1)c1ccc(O)c(F)c1. The lowest BCUT2D eigenvalue weighted by molar-refractivity contribution is -0.131. The van der Waals surface area contributed by atoms with E-state index in [-0.39, 0.29) is 0 Å². The third-order valence-corrected chi connectivity index (χ3v) is 5.21. The Kier molecular flexibility index (Phi) is 10.0. The van der Waals surface area contributed by atoms with E-state index in [0.29, 0.717) is 30.7 Å². The Labute approximate surface area is 190 Å². The molecule has 0 aliphatic rings. The van der Waals surface area contributed by atoms with Crippen LogP contribution in [0.4, 0.5) is 14.9 Å². The number of nitrogens with one attached hydrogen (secondary N) is 1. The molecule has 32 heavy (non-hydrogen) atoms. The first-order valence-corrected chi connectivity index (χ1v) is 11.2. The molecule has 0 saturated carbocycles. The van der Waals surface area contributed by atoms with Gasteiger partial charge in [0.2, 0.25) is 0 Å². The van der Waals surface area contributed by atoms with Crippen molar-refractivity contribution >= 4 is 29.5 Å². The van der Waals surface area contributed by atoms with Crippen molar-refractivity contribution in [3.63, 3.8) is 0 Å². The van der Waals surface area contributed by atoms with Gasteiger partial charge in [-0.25, -0.2) is 14.0 Å². The van der Waals surface area contributed by atoms with E-state index in [4.69, 9.17) is 14.6 Å². The average Bonchev–Trinajstić information content (AvgIpc) is 2.76. The van der Waals surface area contributed by atoms with Crippen molar-refractivity contribution < 1.29 is 33.7 Å². The third kappa shape index (κ3) is 7.90. The number of aromatic hydroxyl groups is 1. The van der Waals surface area contributed by atoms with Gasteiger partial charge in [-0.3, -0.25) is 5.32 Å². The molecule has 0 radical (unpaired) electrons. The number of allylic oxidation sites excluding steroid dienone is 1. The Bertz CT molecular complexity index is 935. The fourth-order valence-corrected chi connectivity index (χ4v) is 3.38. The number of rotatable bonds is 11. The highest BCUT2D eigenvalue weighted by atomic mass is 32.2. The number of benzene rings is 2. The normalized spacial score (nSPS) is 13.0. The second-order valence-corrected chi connectivity index (χ2v) is 7.58. The Balaban J connectivity index is 2.23. The van der Waals surface area contributed by atoms with Crippen molar-refractivity contribution in [1.29, 1.82) is 0 Å². The zero-order valence-electron chi connectivity index (χ0n) is 17.8. The number of aliphatic carboxylic acids is 1. The number of halogens is 1. The zero-order valence-corrected chi connectivity index (χ0v) is 18.6. The van der Waals surface area contributed by atoms with Crippen LogP contribution in [0.25, 0.3) is 0 Å². The molecule has 7 nitrogen and oxygen atoms in total. The van der Waals surface area contributed by atoms with Gasteiger partial charge in [0, 0.05) is 23.3 Å². The summed E-state index contributed by atoms with van der Waals surface area (Å²) in [6, 6.07) is 10.9. The van der Waals surface area contributed by atoms with Crippen molar-refractivity contribution in [2.75, 3.05) is 18.2 Å². The van der Waals surface area contributed by atoms with Crippen LogP contribution < -0.4 is 5.32 Å². The molecule has 2 rings (SSSR count). The summed E-state index contributed by atoms with van der Waals surface area (Å²) in [5.74, 6) is -2.45. The molecule has 0 bridgehead atoms. The van der Waals surface area contributed by atoms with E-state index in [1.807, 2.05) is 18.4 Å². The molecule has 0 unspecified atom stereocenters. The molecule has 172 valence electrons. The summed E-state index contributed by atoms with van der Waals surface area (Å²) in [5, 5.41) is 20.9. The summed E-state index contributed by atoms with van der Waals surface area (Å²) in [6.07, 6.45) is 2.67.